The highest BCUT2D eigenvalue weighted by molar-refractivity contribution is 6.14. The molecule has 0 aliphatic heterocycles. The van der Waals surface area contributed by atoms with Crippen LogP contribution in [0.2, 0.25) is 0 Å². The van der Waals surface area contributed by atoms with Crippen molar-refractivity contribution in [1.82, 2.24) is 4.90 Å². The van der Waals surface area contributed by atoms with Crippen LogP contribution in [0.25, 0.3) is 5.76 Å². The Morgan fingerprint density at radius 1 is 1.15 bits per heavy atom. The number of phenolic OH excluding ortho intramolecular Hbond substituents is 1. The number of anilines is 1. The van der Waals surface area contributed by atoms with Gasteiger partial charge >= 0.3 is 0 Å². The van der Waals surface area contributed by atoms with Gasteiger partial charge in [0.2, 0.25) is 5.78 Å². The smallest absolute Gasteiger partial charge is 0.202 e. The number of ketones is 2. The maximum atomic E-state index is 13.7. The molecule has 1 fully saturated rings. The molecule has 0 spiro atoms. The SMILES string of the molecule is CC1=C(O)[C@@]2(O)C(=O)C3=C(O)c4c(O)c(CN)cc(N(C)C)c4CC3CC2C(N(C)C)C1=O. The third kappa shape index (κ3) is 2.96. The van der Waals surface area contributed by atoms with E-state index in [1.165, 1.54) is 6.92 Å². The van der Waals surface area contributed by atoms with Crippen molar-refractivity contribution in [3.63, 3.8) is 0 Å². The largest absolute Gasteiger partial charge is 0.508 e. The van der Waals surface area contributed by atoms with Gasteiger partial charge in [-0.05, 0) is 51.4 Å². The van der Waals surface area contributed by atoms with Gasteiger partial charge in [0.15, 0.2) is 11.4 Å². The summed E-state index contributed by atoms with van der Waals surface area (Å²) in [5, 5.41) is 44.5. The molecule has 0 aromatic heterocycles. The normalized spacial score (nSPS) is 29.3. The fourth-order valence-electron chi connectivity index (χ4n) is 5.83. The van der Waals surface area contributed by atoms with Crippen molar-refractivity contribution in [3.05, 3.63) is 39.7 Å². The Morgan fingerprint density at radius 3 is 2.33 bits per heavy atom. The van der Waals surface area contributed by atoms with E-state index in [4.69, 9.17) is 5.73 Å². The molecule has 0 bridgehead atoms. The van der Waals surface area contributed by atoms with E-state index in [0.717, 1.165) is 5.69 Å². The number of aliphatic hydroxyl groups is 3. The van der Waals surface area contributed by atoms with Crippen molar-refractivity contribution in [2.45, 2.75) is 38.0 Å². The Morgan fingerprint density at radius 2 is 1.79 bits per heavy atom. The van der Waals surface area contributed by atoms with Gasteiger partial charge in [0.05, 0.1) is 11.6 Å². The topological polar surface area (TPSA) is 148 Å². The molecule has 1 aromatic rings. The average Bonchev–Trinajstić information content (AvgIpc) is 2.74. The van der Waals surface area contributed by atoms with Crippen LogP contribution < -0.4 is 10.6 Å². The molecule has 178 valence electrons. The number of fused-ring (bicyclic) bond motifs is 3. The van der Waals surface area contributed by atoms with Crippen molar-refractivity contribution in [2.75, 3.05) is 33.1 Å². The lowest BCUT2D eigenvalue weighted by molar-refractivity contribution is -0.153. The number of nitrogens with zero attached hydrogens (tertiary/aromatic N) is 2. The minimum absolute atomic E-state index is 0.0291. The molecular weight excluding hydrogens is 426 g/mol. The molecular formula is C24H31N3O6. The summed E-state index contributed by atoms with van der Waals surface area (Å²) in [5.41, 5.74) is 5.31. The van der Waals surface area contributed by atoms with Crippen LogP contribution >= 0.6 is 0 Å². The number of hydrogen-bond acceptors (Lipinski definition) is 9. The Balaban J connectivity index is 1.99. The third-order valence-electron chi connectivity index (χ3n) is 7.47. The quantitative estimate of drug-likeness (QED) is 0.449. The van der Waals surface area contributed by atoms with Crippen LogP contribution in [-0.2, 0) is 22.6 Å². The fraction of sp³-hybridized carbons (Fsp3) is 0.500. The molecule has 3 aliphatic carbocycles. The van der Waals surface area contributed by atoms with Gasteiger partial charge in [0.1, 0.15) is 17.3 Å². The standard InChI is InChI=1S/C24H31N3O6/c1-10-19(28)18(27(4)5)14-7-11-6-13-15(26(2)3)8-12(9-25)20(29)17(13)21(30)16(11)23(32)24(14,33)22(10)31/h8,11,14,18,29-31,33H,6-7,9,25H2,1-5H3/t11?,14?,18?,24-/m1/s1. The van der Waals surface area contributed by atoms with Crippen LogP contribution in [0.5, 0.6) is 5.75 Å². The second kappa shape index (κ2) is 7.58. The number of nitrogens with two attached hydrogens (primary N) is 1. The number of carbonyl (C=O) groups is 2. The maximum absolute atomic E-state index is 13.7. The highest BCUT2D eigenvalue weighted by Crippen LogP contribution is 2.53. The zero-order valence-corrected chi connectivity index (χ0v) is 19.5. The molecule has 1 saturated carbocycles. The molecule has 0 saturated heterocycles. The van der Waals surface area contributed by atoms with Gasteiger partial charge in [-0.1, -0.05) is 0 Å². The summed E-state index contributed by atoms with van der Waals surface area (Å²) in [6.45, 7) is 1.41. The maximum Gasteiger partial charge on any atom is 0.202 e. The molecule has 4 atom stereocenters. The van der Waals surface area contributed by atoms with Crippen molar-refractivity contribution in [2.24, 2.45) is 17.6 Å². The average molecular weight is 458 g/mol. The number of Topliss-reactive ketones (excluding diaryl/α,β-unsaturated/α-hetero) is 2. The lowest BCUT2D eigenvalue weighted by Crippen LogP contribution is -2.64. The molecule has 1 aromatic carbocycles. The Hall–Kier alpha value is -2.88. The van der Waals surface area contributed by atoms with E-state index in [-0.39, 0.29) is 41.2 Å². The predicted octanol–water partition coefficient (Wildman–Crippen LogP) is 1.02. The summed E-state index contributed by atoms with van der Waals surface area (Å²) in [4.78, 5) is 30.2. The Labute approximate surface area is 192 Å². The van der Waals surface area contributed by atoms with E-state index < -0.39 is 40.8 Å². The van der Waals surface area contributed by atoms with Crippen LogP contribution in [-0.4, -0.2) is 76.7 Å². The number of carbonyl (C=O) groups excluding carboxylic acids is 2. The first-order valence-electron chi connectivity index (χ1n) is 10.9. The molecule has 3 aliphatic rings. The lowest BCUT2D eigenvalue weighted by atomic mass is 9.57. The van der Waals surface area contributed by atoms with E-state index in [0.29, 0.717) is 17.5 Å². The number of aliphatic hydroxyl groups excluding tert-OH is 2. The van der Waals surface area contributed by atoms with Crippen molar-refractivity contribution >= 4 is 23.0 Å². The number of aromatic hydroxyl groups is 1. The summed E-state index contributed by atoms with van der Waals surface area (Å²) in [5.74, 6) is -3.86. The molecule has 9 heteroatoms. The van der Waals surface area contributed by atoms with Crippen molar-refractivity contribution in [1.29, 1.82) is 0 Å². The zero-order valence-electron chi connectivity index (χ0n) is 19.5. The van der Waals surface area contributed by atoms with Crippen LogP contribution in [0.15, 0.2) is 23.0 Å². The van der Waals surface area contributed by atoms with Crippen LogP contribution in [0.3, 0.4) is 0 Å². The van der Waals surface area contributed by atoms with Gasteiger partial charge in [-0.25, -0.2) is 0 Å². The molecule has 6 N–H and O–H groups in total. The first kappa shape index (κ1) is 23.3. The van der Waals surface area contributed by atoms with Crippen molar-refractivity contribution < 1.29 is 30.0 Å². The minimum Gasteiger partial charge on any atom is -0.508 e. The fourth-order valence-corrected chi connectivity index (χ4v) is 5.83. The third-order valence-corrected chi connectivity index (χ3v) is 7.47. The second-order valence-corrected chi connectivity index (χ2v) is 9.70. The monoisotopic (exact) mass is 457 g/mol. The summed E-state index contributed by atoms with van der Waals surface area (Å²) in [6.07, 6.45) is 0.510. The van der Waals surface area contributed by atoms with Gasteiger partial charge < -0.3 is 31.1 Å². The summed E-state index contributed by atoms with van der Waals surface area (Å²) < 4.78 is 0. The minimum atomic E-state index is -2.34. The lowest BCUT2D eigenvalue weighted by Gasteiger charge is -2.50. The highest BCUT2D eigenvalue weighted by atomic mass is 16.3. The summed E-state index contributed by atoms with van der Waals surface area (Å²) >= 11 is 0. The molecule has 0 amide bonds. The number of likely N-dealkylation sites (N-methyl/N-ethyl adjacent to an activating group) is 1. The summed E-state index contributed by atoms with van der Waals surface area (Å²) in [6, 6.07) is 0.958. The van der Waals surface area contributed by atoms with E-state index in [2.05, 4.69) is 0 Å². The highest BCUT2D eigenvalue weighted by Gasteiger charge is 2.63. The van der Waals surface area contributed by atoms with Crippen LogP contribution in [0, 0.1) is 11.8 Å². The van der Waals surface area contributed by atoms with E-state index >= 15 is 0 Å². The van der Waals surface area contributed by atoms with Gasteiger partial charge in [-0.2, -0.15) is 0 Å². The van der Waals surface area contributed by atoms with Crippen LogP contribution in [0.4, 0.5) is 5.69 Å². The zero-order chi connectivity index (χ0) is 24.6. The first-order chi connectivity index (χ1) is 15.4. The predicted molar refractivity (Wildman–Crippen MR) is 123 cm³/mol. The summed E-state index contributed by atoms with van der Waals surface area (Å²) in [7, 11) is 7.06. The van der Waals surface area contributed by atoms with Gasteiger partial charge in [-0.15, -0.1) is 0 Å². The molecule has 0 radical (unpaired) electrons. The number of phenols is 1. The molecule has 33 heavy (non-hydrogen) atoms. The van der Waals surface area contributed by atoms with Crippen LogP contribution in [0.1, 0.15) is 30.0 Å². The van der Waals surface area contributed by atoms with Crippen molar-refractivity contribution in [3.8, 4) is 5.75 Å². The molecule has 0 heterocycles. The Kier molecular flexibility index (Phi) is 5.35. The van der Waals surface area contributed by atoms with Gasteiger partial charge in [-0.3, -0.25) is 14.5 Å². The van der Waals surface area contributed by atoms with E-state index in [1.54, 1.807) is 25.1 Å². The number of rotatable bonds is 3. The molecule has 9 nitrogen and oxygen atoms in total. The first-order valence-corrected chi connectivity index (χ1v) is 10.9. The number of hydrogen-bond donors (Lipinski definition) is 5. The van der Waals surface area contributed by atoms with E-state index in [1.807, 2.05) is 19.0 Å². The van der Waals surface area contributed by atoms with E-state index in [9.17, 15) is 30.0 Å². The molecule has 3 unspecified atom stereocenters. The van der Waals surface area contributed by atoms with Gasteiger partial charge in [0.25, 0.3) is 0 Å². The Bertz CT molecular complexity index is 1140. The second-order valence-electron chi connectivity index (χ2n) is 9.70. The molecule has 4 rings (SSSR count). The van der Waals surface area contributed by atoms with Gasteiger partial charge in [0, 0.05) is 49.0 Å². The number of benzene rings is 1.